The van der Waals surface area contributed by atoms with Gasteiger partial charge in [0, 0.05) is 29.6 Å². The number of aromatic nitrogens is 2. The fourth-order valence-electron chi connectivity index (χ4n) is 1.89. The van der Waals surface area contributed by atoms with Crippen molar-refractivity contribution in [2.45, 2.75) is 26.5 Å². The van der Waals surface area contributed by atoms with Gasteiger partial charge in [0.15, 0.2) is 18.1 Å². The maximum atomic E-state index is 6.07. The van der Waals surface area contributed by atoms with Crippen LogP contribution in [0.3, 0.4) is 0 Å². The highest BCUT2D eigenvalue weighted by molar-refractivity contribution is 6.30. The zero-order chi connectivity index (χ0) is 15.2. The first-order valence-electron chi connectivity index (χ1n) is 6.63. The van der Waals surface area contributed by atoms with Crippen LogP contribution >= 0.6 is 11.6 Å². The summed E-state index contributed by atoms with van der Waals surface area (Å²) >= 11 is 6.07. The maximum absolute atomic E-state index is 6.07. The predicted molar refractivity (Wildman–Crippen MR) is 78.8 cm³/mol. The standard InChI is InChI=1S/C14H18ClN3O3/c1-4-13-17-12(18-21-13)8-20-14-9(7-16-2)5-10(15)6-11(14)19-3/h5-6,16H,4,7-8H2,1-3H3. The lowest BCUT2D eigenvalue weighted by molar-refractivity contribution is 0.266. The first-order chi connectivity index (χ1) is 10.2. The molecule has 0 unspecified atom stereocenters. The van der Waals surface area contributed by atoms with Gasteiger partial charge in [0.2, 0.25) is 11.7 Å². The molecule has 0 fully saturated rings. The molecule has 21 heavy (non-hydrogen) atoms. The minimum Gasteiger partial charge on any atom is -0.493 e. The van der Waals surface area contributed by atoms with Gasteiger partial charge in [0.05, 0.1) is 7.11 Å². The third kappa shape index (κ3) is 3.86. The van der Waals surface area contributed by atoms with Crippen LogP contribution < -0.4 is 14.8 Å². The smallest absolute Gasteiger partial charge is 0.226 e. The average Bonchev–Trinajstić information content (AvgIpc) is 2.94. The summed E-state index contributed by atoms with van der Waals surface area (Å²) in [4.78, 5) is 4.21. The Bertz CT molecular complexity index is 601. The van der Waals surface area contributed by atoms with Crippen molar-refractivity contribution in [1.29, 1.82) is 0 Å². The molecule has 0 aliphatic rings. The fourth-order valence-corrected chi connectivity index (χ4v) is 2.12. The third-order valence-corrected chi connectivity index (χ3v) is 3.06. The zero-order valence-electron chi connectivity index (χ0n) is 12.3. The van der Waals surface area contributed by atoms with Gasteiger partial charge >= 0.3 is 0 Å². The number of methoxy groups -OCH3 is 1. The summed E-state index contributed by atoms with van der Waals surface area (Å²) in [5.41, 5.74) is 0.904. The van der Waals surface area contributed by atoms with Gasteiger partial charge in [-0.2, -0.15) is 4.98 Å². The highest BCUT2D eigenvalue weighted by atomic mass is 35.5. The molecule has 2 rings (SSSR count). The second-order valence-electron chi connectivity index (χ2n) is 4.37. The molecule has 1 heterocycles. The van der Waals surface area contributed by atoms with Crippen molar-refractivity contribution in [3.05, 3.63) is 34.4 Å². The Kier molecular flexibility index (Phi) is 5.41. The van der Waals surface area contributed by atoms with E-state index in [0.717, 1.165) is 5.56 Å². The Labute approximate surface area is 128 Å². The molecule has 0 bridgehead atoms. The molecule has 0 aliphatic carbocycles. The molecule has 0 aliphatic heterocycles. The van der Waals surface area contributed by atoms with Crippen molar-refractivity contribution >= 4 is 11.6 Å². The molecule has 0 radical (unpaired) electrons. The molecular weight excluding hydrogens is 294 g/mol. The SMILES string of the molecule is CCc1nc(COc2c(CNC)cc(Cl)cc2OC)no1. The number of halogens is 1. The molecule has 6 nitrogen and oxygen atoms in total. The first kappa shape index (κ1) is 15.6. The molecule has 1 aromatic heterocycles. The first-order valence-corrected chi connectivity index (χ1v) is 7.01. The van der Waals surface area contributed by atoms with Crippen molar-refractivity contribution < 1.29 is 14.0 Å². The van der Waals surface area contributed by atoms with Crippen LogP contribution in [0.15, 0.2) is 16.7 Å². The van der Waals surface area contributed by atoms with Crippen LogP contribution in [0.4, 0.5) is 0 Å². The van der Waals surface area contributed by atoms with E-state index in [1.54, 1.807) is 13.2 Å². The van der Waals surface area contributed by atoms with Gasteiger partial charge < -0.3 is 19.3 Å². The molecule has 0 amide bonds. The van der Waals surface area contributed by atoms with Crippen molar-refractivity contribution in [2.75, 3.05) is 14.2 Å². The normalized spacial score (nSPS) is 10.7. The Morgan fingerprint density at radius 3 is 2.81 bits per heavy atom. The summed E-state index contributed by atoms with van der Waals surface area (Å²) in [6.45, 7) is 2.77. The molecule has 7 heteroatoms. The fraction of sp³-hybridized carbons (Fsp3) is 0.429. The van der Waals surface area contributed by atoms with Gasteiger partial charge in [-0.15, -0.1) is 0 Å². The van der Waals surface area contributed by atoms with Gasteiger partial charge in [-0.25, -0.2) is 0 Å². The minimum absolute atomic E-state index is 0.207. The number of aryl methyl sites for hydroxylation is 1. The van der Waals surface area contributed by atoms with Crippen molar-refractivity contribution in [3.8, 4) is 11.5 Å². The Morgan fingerprint density at radius 1 is 1.38 bits per heavy atom. The predicted octanol–water partition coefficient (Wildman–Crippen LogP) is 2.59. The number of hydrogen-bond acceptors (Lipinski definition) is 6. The highest BCUT2D eigenvalue weighted by Gasteiger charge is 2.14. The number of nitrogens with zero attached hydrogens (tertiary/aromatic N) is 2. The van der Waals surface area contributed by atoms with E-state index in [0.29, 0.717) is 41.2 Å². The number of hydrogen-bond donors (Lipinski definition) is 1. The van der Waals surface area contributed by atoms with E-state index in [9.17, 15) is 0 Å². The van der Waals surface area contributed by atoms with Crippen LogP contribution in [-0.4, -0.2) is 24.3 Å². The van der Waals surface area contributed by atoms with Gasteiger partial charge in [0.25, 0.3) is 0 Å². The second-order valence-corrected chi connectivity index (χ2v) is 4.81. The molecule has 2 aromatic rings. The summed E-state index contributed by atoms with van der Waals surface area (Å²) in [5, 5.41) is 7.52. The Morgan fingerprint density at radius 2 is 2.19 bits per heavy atom. The minimum atomic E-state index is 0.207. The summed E-state index contributed by atoms with van der Waals surface area (Å²) in [5.74, 6) is 2.29. The molecule has 0 spiro atoms. The number of ether oxygens (including phenoxy) is 2. The lowest BCUT2D eigenvalue weighted by atomic mass is 10.2. The van der Waals surface area contributed by atoms with Crippen LogP contribution in [0.5, 0.6) is 11.5 Å². The largest absolute Gasteiger partial charge is 0.493 e. The summed E-state index contributed by atoms with van der Waals surface area (Å²) < 4.78 is 16.2. The van der Waals surface area contributed by atoms with Crippen LogP contribution in [0.2, 0.25) is 5.02 Å². The third-order valence-electron chi connectivity index (χ3n) is 2.84. The van der Waals surface area contributed by atoms with Crippen molar-refractivity contribution in [3.63, 3.8) is 0 Å². The van der Waals surface area contributed by atoms with Crippen LogP contribution in [0, 0.1) is 0 Å². The number of nitrogens with one attached hydrogen (secondary N) is 1. The van der Waals surface area contributed by atoms with E-state index >= 15 is 0 Å². The monoisotopic (exact) mass is 311 g/mol. The van der Waals surface area contributed by atoms with E-state index in [1.165, 1.54) is 0 Å². The average molecular weight is 312 g/mol. The molecular formula is C14H18ClN3O3. The lowest BCUT2D eigenvalue weighted by Crippen LogP contribution is -2.09. The van der Waals surface area contributed by atoms with E-state index < -0.39 is 0 Å². The summed E-state index contributed by atoms with van der Waals surface area (Å²) in [7, 11) is 3.43. The maximum Gasteiger partial charge on any atom is 0.226 e. The van der Waals surface area contributed by atoms with Gasteiger partial charge in [-0.05, 0) is 13.1 Å². The van der Waals surface area contributed by atoms with E-state index in [2.05, 4.69) is 15.5 Å². The number of benzene rings is 1. The molecule has 114 valence electrons. The molecule has 1 aromatic carbocycles. The number of rotatable bonds is 7. The molecule has 0 atom stereocenters. The Balaban J connectivity index is 2.20. The Hall–Kier alpha value is -1.79. The van der Waals surface area contributed by atoms with E-state index in [4.69, 9.17) is 25.6 Å². The van der Waals surface area contributed by atoms with Crippen molar-refractivity contribution in [1.82, 2.24) is 15.5 Å². The van der Waals surface area contributed by atoms with Crippen LogP contribution in [0.1, 0.15) is 24.2 Å². The summed E-state index contributed by atoms with van der Waals surface area (Å²) in [6.07, 6.45) is 0.697. The van der Waals surface area contributed by atoms with Crippen LogP contribution in [0.25, 0.3) is 0 Å². The molecule has 0 saturated heterocycles. The molecule has 0 saturated carbocycles. The van der Waals surface area contributed by atoms with Gasteiger partial charge in [-0.3, -0.25) is 0 Å². The van der Waals surface area contributed by atoms with E-state index in [-0.39, 0.29) is 6.61 Å². The molecule has 1 N–H and O–H groups in total. The van der Waals surface area contributed by atoms with Gasteiger partial charge in [-0.1, -0.05) is 23.7 Å². The lowest BCUT2D eigenvalue weighted by Gasteiger charge is -2.14. The second kappa shape index (κ2) is 7.28. The van der Waals surface area contributed by atoms with E-state index in [1.807, 2.05) is 20.0 Å². The zero-order valence-corrected chi connectivity index (χ0v) is 13.0. The van der Waals surface area contributed by atoms with Gasteiger partial charge in [0.1, 0.15) is 0 Å². The quantitative estimate of drug-likeness (QED) is 0.847. The summed E-state index contributed by atoms with van der Waals surface area (Å²) in [6, 6.07) is 3.55. The van der Waals surface area contributed by atoms with Crippen molar-refractivity contribution in [2.24, 2.45) is 0 Å². The highest BCUT2D eigenvalue weighted by Crippen LogP contribution is 2.35. The van der Waals surface area contributed by atoms with Crippen LogP contribution in [-0.2, 0) is 19.6 Å². The topological polar surface area (TPSA) is 69.4 Å².